The van der Waals surface area contributed by atoms with E-state index in [1.807, 2.05) is 0 Å². The normalized spacial score (nSPS) is 13.8. The van der Waals surface area contributed by atoms with E-state index in [1.54, 1.807) is 14.2 Å². The maximum absolute atomic E-state index is 5.19. The van der Waals surface area contributed by atoms with Crippen LogP contribution in [0.25, 0.3) is 0 Å². The number of thiol groups is 2. The van der Waals surface area contributed by atoms with Crippen molar-refractivity contribution in [1.29, 1.82) is 0 Å². The van der Waals surface area contributed by atoms with Gasteiger partial charge in [0.25, 0.3) is 0 Å². The first-order valence-corrected chi connectivity index (χ1v) is 7.00. The molecule has 0 fully saturated rings. The molecule has 0 N–H and O–H groups in total. The average Bonchev–Trinajstić information content (AvgIpc) is 2.07. The Balaban J connectivity index is 3.37. The van der Waals surface area contributed by atoms with Crippen LogP contribution < -0.4 is 0 Å². The Bertz CT molecular complexity index is 101. The monoisotopic (exact) mass is 226 g/mol. The lowest BCUT2D eigenvalue weighted by Gasteiger charge is -2.13. The van der Waals surface area contributed by atoms with Crippen LogP contribution in [0.3, 0.4) is 0 Å². The van der Waals surface area contributed by atoms with Gasteiger partial charge >= 0.3 is 9.28 Å². The summed E-state index contributed by atoms with van der Waals surface area (Å²) in [5, 5.41) is 0.447. The van der Waals surface area contributed by atoms with Crippen molar-refractivity contribution in [1.82, 2.24) is 0 Å². The minimum absolute atomic E-state index is 0.447. The van der Waals surface area contributed by atoms with E-state index in [1.165, 1.54) is 0 Å². The number of hydrogen-bond donors (Lipinski definition) is 2. The van der Waals surface area contributed by atoms with E-state index in [9.17, 15) is 0 Å². The Morgan fingerprint density at radius 2 is 1.83 bits per heavy atom. The van der Waals surface area contributed by atoms with Gasteiger partial charge in [0.2, 0.25) is 0 Å². The Morgan fingerprint density at radius 1 is 1.25 bits per heavy atom. The third-order valence-electron chi connectivity index (χ3n) is 1.72. The Kier molecular flexibility index (Phi) is 9.02. The van der Waals surface area contributed by atoms with Crippen molar-refractivity contribution in [3.8, 4) is 0 Å². The summed E-state index contributed by atoms with van der Waals surface area (Å²) in [5.74, 6) is 0.903. The van der Waals surface area contributed by atoms with Crippen molar-refractivity contribution in [2.45, 2.75) is 24.1 Å². The van der Waals surface area contributed by atoms with Crippen LogP contribution in [0.1, 0.15) is 12.8 Å². The van der Waals surface area contributed by atoms with E-state index in [4.69, 9.17) is 8.85 Å². The van der Waals surface area contributed by atoms with Gasteiger partial charge in [-0.05, 0) is 24.6 Å². The van der Waals surface area contributed by atoms with Crippen LogP contribution in [-0.2, 0) is 8.85 Å². The van der Waals surface area contributed by atoms with Gasteiger partial charge in [-0.1, -0.05) is 0 Å². The molecular weight excluding hydrogens is 208 g/mol. The summed E-state index contributed by atoms with van der Waals surface area (Å²) in [6.07, 6.45) is 2.13. The molecule has 2 nitrogen and oxygen atoms in total. The Labute approximate surface area is 87.7 Å². The van der Waals surface area contributed by atoms with Gasteiger partial charge in [0.15, 0.2) is 0 Å². The quantitative estimate of drug-likeness (QED) is 0.506. The van der Waals surface area contributed by atoms with Gasteiger partial charge in [-0.25, -0.2) is 0 Å². The first-order chi connectivity index (χ1) is 5.74. The van der Waals surface area contributed by atoms with E-state index < -0.39 is 9.28 Å². The topological polar surface area (TPSA) is 18.5 Å². The van der Waals surface area contributed by atoms with Gasteiger partial charge in [0, 0.05) is 19.5 Å². The van der Waals surface area contributed by atoms with E-state index >= 15 is 0 Å². The highest BCUT2D eigenvalue weighted by Gasteiger charge is 2.11. The van der Waals surface area contributed by atoms with Gasteiger partial charge < -0.3 is 8.85 Å². The van der Waals surface area contributed by atoms with Gasteiger partial charge in [0.1, 0.15) is 0 Å². The predicted octanol–water partition coefficient (Wildman–Crippen LogP) is 1.51. The van der Waals surface area contributed by atoms with Crippen LogP contribution in [0.5, 0.6) is 0 Å². The van der Waals surface area contributed by atoms with Gasteiger partial charge in [-0.15, -0.1) is 0 Å². The summed E-state index contributed by atoms with van der Waals surface area (Å²) < 4.78 is 10.4. The molecule has 0 aliphatic carbocycles. The molecule has 1 unspecified atom stereocenters. The van der Waals surface area contributed by atoms with Crippen LogP contribution in [0.2, 0.25) is 6.04 Å². The minimum Gasteiger partial charge on any atom is -0.400 e. The molecule has 0 bridgehead atoms. The third-order valence-corrected chi connectivity index (χ3v) is 4.35. The average molecular weight is 226 g/mol. The van der Waals surface area contributed by atoms with Gasteiger partial charge in [-0.2, -0.15) is 25.3 Å². The zero-order valence-electron chi connectivity index (χ0n) is 7.69. The highest BCUT2D eigenvalue weighted by Crippen LogP contribution is 2.12. The minimum atomic E-state index is -1.35. The van der Waals surface area contributed by atoms with E-state index in [2.05, 4.69) is 25.3 Å². The largest absolute Gasteiger partial charge is 0.400 e. The summed E-state index contributed by atoms with van der Waals surface area (Å²) in [5.41, 5.74) is 0. The SMILES string of the molecule is CO[SiH](CCC(S)CCS)OC. The molecule has 0 spiro atoms. The Morgan fingerprint density at radius 3 is 2.25 bits per heavy atom. The predicted molar refractivity (Wildman–Crippen MR) is 61.8 cm³/mol. The molecule has 0 radical (unpaired) electrons. The smallest absolute Gasteiger partial charge is 0.320 e. The number of hydrogen-bond acceptors (Lipinski definition) is 4. The van der Waals surface area contributed by atoms with E-state index in [0.717, 1.165) is 24.6 Å². The fourth-order valence-corrected chi connectivity index (χ4v) is 3.37. The highest BCUT2D eigenvalue weighted by atomic mass is 32.1. The molecule has 0 aliphatic heterocycles. The van der Waals surface area contributed by atoms with Gasteiger partial charge in [-0.3, -0.25) is 0 Å². The van der Waals surface area contributed by atoms with Crippen LogP contribution in [0, 0.1) is 0 Å². The van der Waals surface area contributed by atoms with Crippen LogP contribution in [0.4, 0.5) is 0 Å². The fraction of sp³-hybridized carbons (Fsp3) is 1.00. The van der Waals surface area contributed by atoms with E-state index in [-0.39, 0.29) is 0 Å². The second-order valence-electron chi connectivity index (χ2n) is 2.64. The molecule has 0 aromatic rings. The fourth-order valence-electron chi connectivity index (χ4n) is 0.954. The zero-order chi connectivity index (χ0) is 9.40. The third kappa shape index (κ3) is 6.36. The highest BCUT2D eigenvalue weighted by molar-refractivity contribution is 7.81. The molecule has 74 valence electrons. The molecule has 5 heteroatoms. The van der Waals surface area contributed by atoms with Crippen LogP contribution in [-0.4, -0.2) is 34.5 Å². The molecule has 0 heterocycles. The summed E-state index contributed by atoms with van der Waals surface area (Å²) >= 11 is 8.57. The van der Waals surface area contributed by atoms with Crippen molar-refractivity contribution in [3.05, 3.63) is 0 Å². The van der Waals surface area contributed by atoms with Crippen molar-refractivity contribution in [3.63, 3.8) is 0 Å². The van der Waals surface area contributed by atoms with Crippen molar-refractivity contribution in [2.75, 3.05) is 20.0 Å². The van der Waals surface area contributed by atoms with Gasteiger partial charge in [0.05, 0.1) is 0 Å². The molecule has 0 saturated carbocycles. The van der Waals surface area contributed by atoms with Crippen LogP contribution in [0.15, 0.2) is 0 Å². The summed E-state index contributed by atoms with van der Waals surface area (Å²) in [6, 6.07) is 1.04. The van der Waals surface area contributed by atoms with Crippen molar-refractivity contribution < 1.29 is 8.85 Å². The van der Waals surface area contributed by atoms with Crippen molar-refractivity contribution >= 4 is 34.5 Å². The van der Waals surface area contributed by atoms with Crippen LogP contribution >= 0.6 is 25.3 Å². The summed E-state index contributed by atoms with van der Waals surface area (Å²) in [4.78, 5) is 0. The molecule has 12 heavy (non-hydrogen) atoms. The second-order valence-corrected chi connectivity index (χ2v) is 6.20. The molecular formula is C7H18O2S2Si. The molecule has 0 aromatic carbocycles. The lowest BCUT2D eigenvalue weighted by molar-refractivity contribution is 0.276. The standard InChI is InChI=1S/C7H18O2S2Si/c1-8-12(9-2)6-4-7(11)3-5-10/h7,10-12H,3-6H2,1-2H3. The molecule has 0 amide bonds. The molecule has 0 saturated heterocycles. The number of rotatable bonds is 7. The van der Waals surface area contributed by atoms with Crippen molar-refractivity contribution in [2.24, 2.45) is 0 Å². The summed E-state index contributed by atoms with van der Waals surface area (Å²) in [6.45, 7) is 0. The molecule has 1 atom stereocenters. The maximum atomic E-state index is 5.19. The zero-order valence-corrected chi connectivity index (χ0v) is 10.6. The Hall–Kier alpha value is 0.837. The lowest BCUT2D eigenvalue weighted by atomic mass is 10.3. The second kappa shape index (κ2) is 8.44. The van der Waals surface area contributed by atoms with E-state index in [0.29, 0.717) is 5.25 Å². The maximum Gasteiger partial charge on any atom is 0.320 e. The first-order valence-electron chi connectivity index (χ1n) is 4.09. The summed E-state index contributed by atoms with van der Waals surface area (Å²) in [7, 11) is 2.08. The molecule has 0 aliphatic rings. The first kappa shape index (κ1) is 12.8. The molecule has 0 aromatic heterocycles. The lowest BCUT2D eigenvalue weighted by Crippen LogP contribution is -2.20. The molecule has 0 rings (SSSR count).